The van der Waals surface area contributed by atoms with Crippen LogP contribution in [-0.4, -0.2) is 22.4 Å². The Morgan fingerprint density at radius 3 is 2.29 bits per heavy atom. The standard InChI is InChI=1S/C8H4F5NO3/c9-7(10,8(11,12)13)4-2-1-3-5(14-4)17-6(15)16/h1-3H,(H,15,16). The van der Waals surface area contributed by atoms with Crippen molar-refractivity contribution in [3.05, 3.63) is 23.9 Å². The minimum Gasteiger partial charge on any atom is -0.449 e. The molecule has 17 heavy (non-hydrogen) atoms. The predicted molar refractivity (Wildman–Crippen MR) is 42.8 cm³/mol. The fraction of sp³-hybridized carbons (Fsp3) is 0.250. The van der Waals surface area contributed by atoms with Gasteiger partial charge in [-0.3, -0.25) is 0 Å². The van der Waals surface area contributed by atoms with E-state index in [9.17, 15) is 26.7 Å². The van der Waals surface area contributed by atoms with Crippen LogP contribution in [0.1, 0.15) is 5.69 Å². The van der Waals surface area contributed by atoms with E-state index in [1.807, 2.05) is 0 Å². The highest BCUT2D eigenvalue weighted by Crippen LogP contribution is 2.43. The van der Waals surface area contributed by atoms with Gasteiger partial charge in [0.05, 0.1) is 0 Å². The van der Waals surface area contributed by atoms with Crippen LogP contribution in [0.4, 0.5) is 26.7 Å². The summed E-state index contributed by atoms with van der Waals surface area (Å²) in [6, 6.07) is 2.03. The molecule has 0 aromatic carbocycles. The first kappa shape index (κ1) is 13.1. The first-order chi connectivity index (χ1) is 7.64. The summed E-state index contributed by atoms with van der Waals surface area (Å²) in [5, 5.41) is 8.15. The third-order valence-corrected chi connectivity index (χ3v) is 1.59. The number of hydrogen-bond acceptors (Lipinski definition) is 3. The number of rotatable bonds is 2. The van der Waals surface area contributed by atoms with Crippen molar-refractivity contribution < 1.29 is 36.6 Å². The molecule has 1 aromatic heterocycles. The number of alkyl halides is 5. The monoisotopic (exact) mass is 257 g/mol. The van der Waals surface area contributed by atoms with E-state index in [4.69, 9.17) is 5.11 Å². The Labute approximate surface area is 90.6 Å². The zero-order valence-electron chi connectivity index (χ0n) is 7.83. The minimum atomic E-state index is -5.82. The molecule has 0 amide bonds. The maximum Gasteiger partial charge on any atom is 0.512 e. The summed E-state index contributed by atoms with van der Waals surface area (Å²) in [7, 11) is 0. The van der Waals surface area contributed by atoms with Crippen molar-refractivity contribution in [1.82, 2.24) is 4.98 Å². The maximum absolute atomic E-state index is 12.8. The number of nitrogens with zero attached hydrogens (tertiary/aromatic N) is 1. The van der Waals surface area contributed by atoms with E-state index in [0.717, 1.165) is 12.1 Å². The van der Waals surface area contributed by atoms with Gasteiger partial charge in [0.15, 0.2) is 0 Å². The van der Waals surface area contributed by atoms with Gasteiger partial charge in [0.1, 0.15) is 5.69 Å². The molecule has 0 saturated heterocycles. The Morgan fingerprint density at radius 2 is 1.82 bits per heavy atom. The lowest BCUT2D eigenvalue weighted by Gasteiger charge is -2.18. The lowest BCUT2D eigenvalue weighted by molar-refractivity contribution is -0.291. The van der Waals surface area contributed by atoms with E-state index in [1.54, 1.807) is 0 Å². The molecule has 1 heterocycles. The lowest BCUT2D eigenvalue weighted by Crippen LogP contribution is -2.34. The van der Waals surface area contributed by atoms with E-state index in [1.165, 1.54) is 0 Å². The lowest BCUT2D eigenvalue weighted by atomic mass is 10.2. The first-order valence-corrected chi connectivity index (χ1v) is 3.97. The Bertz CT molecular complexity index is 431. The molecule has 0 saturated carbocycles. The van der Waals surface area contributed by atoms with Gasteiger partial charge < -0.3 is 9.84 Å². The number of pyridine rings is 1. The Balaban J connectivity index is 3.11. The molecule has 4 nitrogen and oxygen atoms in total. The summed E-state index contributed by atoms with van der Waals surface area (Å²) < 4.78 is 65.3. The van der Waals surface area contributed by atoms with Crippen LogP contribution in [0.5, 0.6) is 5.88 Å². The zero-order chi connectivity index (χ0) is 13.3. The smallest absolute Gasteiger partial charge is 0.449 e. The largest absolute Gasteiger partial charge is 0.512 e. The van der Waals surface area contributed by atoms with Gasteiger partial charge >= 0.3 is 18.3 Å². The van der Waals surface area contributed by atoms with E-state index >= 15 is 0 Å². The van der Waals surface area contributed by atoms with Crippen molar-refractivity contribution in [2.75, 3.05) is 0 Å². The summed E-state index contributed by atoms with van der Waals surface area (Å²) in [5.74, 6) is -6.04. The van der Waals surface area contributed by atoms with Crippen LogP contribution < -0.4 is 4.74 Å². The molecule has 0 atom stereocenters. The van der Waals surface area contributed by atoms with Crippen LogP contribution in [0, 0.1) is 0 Å². The number of halogens is 5. The molecule has 1 aromatic rings. The fourth-order valence-electron chi connectivity index (χ4n) is 0.881. The quantitative estimate of drug-likeness (QED) is 0.653. The molecule has 0 unspecified atom stereocenters. The van der Waals surface area contributed by atoms with E-state index in [-0.39, 0.29) is 0 Å². The van der Waals surface area contributed by atoms with Gasteiger partial charge in [0.2, 0.25) is 5.88 Å². The molecule has 0 fully saturated rings. The van der Waals surface area contributed by atoms with Gasteiger partial charge in [-0.1, -0.05) is 6.07 Å². The van der Waals surface area contributed by atoms with Gasteiger partial charge in [-0.25, -0.2) is 9.78 Å². The second-order valence-corrected chi connectivity index (χ2v) is 2.80. The van der Waals surface area contributed by atoms with Gasteiger partial charge in [-0.05, 0) is 6.07 Å². The molecule has 94 valence electrons. The molecule has 0 aliphatic carbocycles. The van der Waals surface area contributed by atoms with Crippen molar-refractivity contribution in [3.8, 4) is 5.88 Å². The van der Waals surface area contributed by atoms with E-state index in [0.29, 0.717) is 6.07 Å². The molecule has 0 radical (unpaired) electrons. The molecular weight excluding hydrogens is 253 g/mol. The fourth-order valence-corrected chi connectivity index (χ4v) is 0.881. The summed E-state index contributed by atoms with van der Waals surface area (Å²) in [6.45, 7) is 0. The van der Waals surface area contributed by atoms with Crippen molar-refractivity contribution >= 4 is 6.16 Å². The Hall–Kier alpha value is -1.93. The van der Waals surface area contributed by atoms with Crippen LogP contribution in [-0.2, 0) is 5.92 Å². The minimum absolute atomic E-state index is 0.419. The van der Waals surface area contributed by atoms with E-state index in [2.05, 4.69) is 9.72 Å². The van der Waals surface area contributed by atoms with Gasteiger partial charge in [-0.15, -0.1) is 0 Å². The molecule has 1 N–H and O–H groups in total. The van der Waals surface area contributed by atoms with Crippen molar-refractivity contribution in [3.63, 3.8) is 0 Å². The number of carbonyl (C=O) groups is 1. The molecule has 0 bridgehead atoms. The van der Waals surface area contributed by atoms with Crippen LogP contribution in [0.15, 0.2) is 18.2 Å². The van der Waals surface area contributed by atoms with Crippen molar-refractivity contribution in [2.24, 2.45) is 0 Å². The molecule has 0 aliphatic rings. The van der Waals surface area contributed by atoms with E-state index < -0.39 is 29.8 Å². The summed E-state index contributed by atoms with van der Waals surface area (Å²) in [4.78, 5) is 12.8. The second-order valence-electron chi connectivity index (χ2n) is 2.80. The Morgan fingerprint density at radius 1 is 1.24 bits per heavy atom. The predicted octanol–water partition coefficient (Wildman–Crippen LogP) is 2.79. The number of carboxylic acid groups (broad SMARTS) is 1. The molecular formula is C8H4F5NO3. The molecule has 1 rings (SSSR count). The Kier molecular flexibility index (Phi) is 3.21. The number of aromatic nitrogens is 1. The highest BCUT2D eigenvalue weighted by Gasteiger charge is 2.60. The third kappa shape index (κ3) is 2.80. The third-order valence-electron chi connectivity index (χ3n) is 1.59. The topological polar surface area (TPSA) is 59.4 Å². The summed E-state index contributed by atoms with van der Waals surface area (Å²) in [6.07, 6.45) is -7.69. The average molecular weight is 257 g/mol. The summed E-state index contributed by atoms with van der Waals surface area (Å²) in [5.41, 5.74) is -1.64. The van der Waals surface area contributed by atoms with Gasteiger partial charge in [-0.2, -0.15) is 22.0 Å². The molecule has 0 aliphatic heterocycles. The van der Waals surface area contributed by atoms with Crippen LogP contribution in [0.2, 0.25) is 0 Å². The number of hydrogen-bond donors (Lipinski definition) is 1. The van der Waals surface area contributed by atoms with Crippen LogP contribution in [0.3, 0.4) is 0 Å². The molecule has 0 spiro atoms. The SMILES string of the molecule is O=C(O)Oc1cccc(C(F)(F)C(F)(F)F)n1. The average Bonchev–Trinajstić information content (AvgIpc) is 2.15. The molecule has 9 heteroatoms. The van der Waals surface area contributed by atoms with Crippen LogP contribution >= 0.6 is 0 Å². The highest BCUT2D eigenvalue weighted by molar-refractivity contribution is 5.60. The summed E-state index contributed by atoms with van der Waals surface area (Å²) >= 11 is 0. The first-order valence-electron chi connectivity index (χ1n) is 3.97. The van der Waals surface area contributed by atoms with Crippen LogP contribution in [0.25, 0.3) is 0 Å². The normalized spacial score (nSPS) is 12.3. The zero-order valence-corrected chi connectivity index (χ0v) is 7.83. The van der Waals surface area contributed by atoms with Gasteiger partial charge in [0.25, 0.3) is 0 Å². The second kappa shape index (κ2) is 4.15. The van der Waals surface area contributed by atoms with Crippen molar-refractivity contribution in [1.29, 1.82) is 0 Å². The van der Waals surface area contributed by atoms with Gasteiger partial charge in [0, 0.05) is 6.07 Å². The number of ether oxygens (including phenoxy) is 1. The van der Waals surface area contributed by atoms with Crippen molar-refractivity contribution in [2.45, 2.75) is 12.1 Å². The highest BCUT2D eigenvalue weighted by atomic mass is 19.4. The maximum atomic E-state index is 12.8.